The van der Waals surface area contributed by atoms with Crippen LogP contribution in [-0.4, -0.2) is 23.2 Å². The van der Waals surface area contributed by atoms with Gasteiger partial charge in [0, 0.05) is 25.1 Å². The molecule has 0 aliphatic carbocycles. The van der Waals surface area contributed by atoms with Gasteiger partial charge in [-0.15, -0.1) is 0 Å². The van der Waals surface area contributed by atoms with Crippen molar-refractivity contribution in [3.8, 4) is 5.82 Å². The highest BCUT2D eigenvalue weighted by Crippen LogP contribution is 2.16. The molecule has 0 unspecified atom stereocenters. The molecule has 0 aliphatic rings. The number of nitrogens with one attached hydrogen (secondary N) is 1. The predicted octanol–water partition coefficient (Wildman–Crippen LogP) is 2.19. The zero-order valence-electron chi connectivity index (χ0n) is 12.8. The molecule has 3 aromatic rings. The minimum atomic E-state index is -3.72. The standard InChI is InChI=1S/C16H15FN4O2S/c1-12-9-14(17)4-5-15(12)24(22,23)20-11-13-3-6-16(18-10-13)21-8-2-7-19-21/h2-10,20H,11H2,1H3. The summed E-state index contributed by atoms with van der Waals surface area (Å²) >= 11 is 0. The summed E-state index contributed by atoms with van der Waals surface area (Å²) in [6.07, 6.45) is 4.99. The average molecular weight is 346 g/mol. The normalized spacial score (nSPS) is 11.6. The molecule has 0 atom stereocenters. The fourth-order valence-electron chi connectivity index (χ4n) is 2.23. The Morgan fingerprint density at radius 3 is 2.71 bits per heavy atom. The lowest BCUT2D eigenvalue weighted by molar-refractivity contribution is 0.579. The molecular formula is C16H15FN4O2S. The lowest BCUT2D eigenvalue weighted by Crippen LogP contribution is -2.24. The van der Waals surface area contributed by atoms with Crippen LogP contribution in [0.25, 0.3) is 5.82 Å². The molecule has 1 N–H and O–H groups in total. The SMILES string of the molecule is Cc1cc(F)ccc1S(=O)(=O)NCc1ccc(-n2cccn2)nc1. The van der Waals surface area contributed by atoms with Gasteiger partial charge in [-0.05, 0) is 48.4 Å². The van der Waals surface area contributed by atoms with Crippen molar-refractivity contribution in [1.29, 1.82) is 0 Å². The van der Waals surface area contributed by atoms with E-state index < -0.39 is 15.8 Å². The fourth-order valence-corrected chi connectivity index (χ4v) is 3.47. The van der Waals surface area contributed by atoms with E-state index in [1.807, 2.05) is 0 Å². The second kappa shape index (κ2) is 6.50. The summed E-state index contributed by atoms with van der Waals surface area (Å²) in [5.41, 5.74) is 1.06. The van der Waals surface area contributed by atoms with Crippen LogP contribution in [-0.2, 0) is 16.6 Å². The Balaban J connectivity index is 1.73. The Bertz CT molecular complexity index is 939. The number of pyridine rings is 1. The van der Waals surface area contributed by atoms with Crippen molar-refractivity contribution in [2.24, 2.45) is 0 Å². The van der Waals surface area contributed by atoms with Gasteiger partial charge < -0.3 is 0 Å². The Morgan fingerprint density at radius 2 is 2.08 bits per heavy atom. The molecule has 0 spiro atoms. The van der Waals surface area contributed by atoms with Crippen LogP contribution in [0.3, 0.4) is 0 Å². The number of hydrogen-bond donors (Lipinski definition) is 1. The summed E-state index contributed by atoms with van der Waals surface area (Å²) in [5, 5.41) is 4.07. The van der Waals surface area contributed by atoms with E-state index in [9.17, 15) is 12.8 Å². The molecule has 1 aromatic carbocycles. The van der Waals surface area contributed by atoms with Crippen molar-refractivity contribution in [3.05, 3.63) is 71.9 Å². The smallest absolute Gasteiger partial charge is 0.237 e. The van der Waals surface area contributed by atoms with Crippen LogP contribution in [0.15, 0.2) is 59.9 Å². The topological polar surface area (TPSA) is 76.9 Å². The Morgan fingerprint density at radius 1 is 1.25 bits per heavy atom. The first-order valence-electron chi connectivity index (χ1n) is 7.16. The molecule has 8 heteroatoms. The van der Waals surface area contributed by atoms with E-state index in [4.69, 9.17) is 0 Å². The number of sulfonamides is 1. The second-order valence-electron chi connectivity index (χ2n) is 5.21. The Kier molecular flexibility index (Phi) is 4.41. The first kappa shape index (κ1) is 16.3. The van der Waals surface area contributed by atoms with Crippen molar-refractivity contribution in [1.82, 2.24) is 19.5 Å². The summed E-state index contributed by atoms with van der Waals surface area (Å²) in [5.74, 6) is 0.172. The number of aryl methyl sites for hydroxylation is 1. The number of rotatable bonds is 5. The first-order chi connectivity index (χ1) is 11.5. The third-order valence-electron chi connectivity index (χ3n) is 3.44. The van der Waals surface area contributed by atoms with Crippen LogP contribution in [0.4, 0.5) is 4.39 Å². The quantitative estimate of drug-likeness (QED) is 0.768. The average Bonchev–Trinajstić information content (AvgIpc) is 3.07. The number of aromatic nitrogens is 3. The lowest BCUT2D eigenvalue weighted by atomic mass is 10.2. The van der Waals surface area contributed by atoms with E-state index in [2.05, 4.69) is 14.8 Å². The van der Waals surface area contributed by atoms with Gasteiger partial charge in [0.15, 0.2) is 5.82 Å². The zero-order valence-corrected chi connectivity index (χ0v) is 13.7. The lowest BCUT2D eigenvalue weighted by Gasteiger charge is -2.09. The van der Waals surface area contributed by atoms with Crippen LogP contribution in [0.1, 0.15) is 11.1 Å². The van der Waals surface area contributed by atoms with Gasteiger partial charge >= 0.3 is 0 Å². The van der Waals surface area contributed by atoms with Gasteiger partial charge in [-0.25, -0.2) is 27.2 Å². The van der Waals surface area contributed by atoms with E-state index in [1.54, 1.807) is 48.4 Å². The predicted molar refractivity (Wildman–Crippen MR) is 86.5 cm³/mol. The number of benzene rings is 1. The largest absolute Gasteiger partial charge is 0.241 e. The molecule has 0 saturated heterocycles. The van der Waals surface area contributed by atoms with Gasteiger partial charge in [0.05, 0.1) is 4.90 Å². The van der Waals surface area contributed by atoms with Gasteiger partial charge in [-0.2, -0.15) is 5.10 Å². The first-order valence-corrected chi connectivity index (χ1v) is 8.65. The van der Waals surface area contributed by atoms with E-state index in [0.717, 1.165) is 6.07 Å². The van der Waals surface area contributed by atoms with Crippen molar-refractivity contribution in [3.63, 3.8) is 0 Å². The van der Waals surface area contributed by atoms with Crippen molar-refractivity contribution in [2.45, 2.75) is 18.4 Å². The second-order valence-corrected chi connectivity index (χ2v) is 6.95. The molecule has 3 rings (SSSR count). The molecule has 0 saturated carbocycles. The van der Waals surface area contributed by atoms with Crippen molar-refractivity contribution in [2.75, 3.05) is 0 Å². The molecule has 0 aliphatic heterocycles. The van der Waals surface area contributed by atoms with Gasteiger partial charge in [0.1, 0.15) is 5.82 Å². The third kappa shape index (κ3) is 3.50. The summed E-state index contributed by atoms with van der Waals surface area (Å²) in [6, 6.07) is 8.88. The van der Waals surface area contributed by atoms with Crippen molar-refractivity contribution < 1.29 is 12.8 Å². The molecule has 0 fully saturated rings. The molecule has 0 radical (unpaired) electrons. The van der Waals surface area contributed by atoms with E-state index in [1.165, 1.54) is 12.1 Å². The highest BCUT2D eigenvalue weighted by Gasteiger charge is 2.16. The van der Waals surface area contributed by atoms with Crippen LogP contribution < -0.4 is 4.72 Å². The highest BCUT2D eigenvalue weighted by molar-refractivity contribution is 7.89. The van der Waals surface area contributed by atoms with Gasteiger partial charge in [-0.3, -0.25) is 0 Å². The molecule has 124 valence electrons. The number of halogens is 1. The monoisotopic (exact) mass is 346 g/mol. The summed E-state index contributed by atoms with van der Waals surface area (Å²) in [7, 11) is -3.72. The maximum absolute atomic E-state index is 13.1. The van der Waals surface area contributed by atoms with Gasteiger partial charge in [0.25, 0.3) is 0 Å². The summed E-state index contributed by atoms with van der Waals surface area (Å²) in [6.45, 7) is 1.64. The Hall–Kier alpha value is -2.58. The summed E-state index contributed by atoms with van der Waals surface area (Å²) in [4.78, 5) is 4.30. The van der Waals surface area contributed by atoms with Gasteiger partial charge in [0.2, 0.25) is 10.0 Å². The molecule has 0 bridgehead atoms. The fraction of sp³-hybridized carbons (Fsp3) is 0.125. The van der Waals surface area contributed by atoms with Gasteiger partial charge in [-0.1, -0.05) is 6.07 Å². The molecule has 24 heavy (non-hydrogen) atoms. The summed E-state index contributed by atoms with van der Waals surface area (Å²) < 4.78 is 41.9. The number of nitrogens with zero attached hydrogens (tertiary/aromatic N) is 3. The van der Waals surface area contributed by atoms with E-state index in [0.29, 0.717) is 16.9 Å². The van der Waals surface area contributed by atoms with Crippen LogP contribution in [0.2, 0.25) is 0 Å². The van der Waals surface area contributed by atoms with E-state index >= 15 is 0 Å². The van der Waals surface area contributed by atoms with Crippen LogP contribution >= 0.6 is 0 Å². The Labute approximate surface area is 139 Å². The molecule has 6 nitrogen and oxygen atoms in total. The zero-order chi connectivity index (χ0) is 17.2. The molecular weight excluding hydrogens is 331 g/mol. The minimum Gasteiger partial charge on any atom is -0.237 e. The molecule has 0 amide bonds. The van der Waals surface area contributed by atoms with Crippen molar-refractivity contribution >= 4 is 10.0 Å². The maximum Gasteiger partial charge on any atom is 0.241 e. The van der Waals surface area contributed by atoms with Crippen LogP contribution in [0.5, 0.6) is 0 Å². The van der Waals surface area contributed by atoms with E-state index in [-0.39, 0.29) is 11.4 Å². The highest BCUT2D eigenvalue weighted by atomic mass is 32.2. The maximum atomic E-state index is 13.1. The molecule has 2 aromatic heterocycles. The minimum absolute atomic E-state index is 0.0602. The third-order valence-corrected chi connectivity index (χ3v) is 5.00. The van der Waals surface area contributed by atoms with Crippen LogP contribution in [0, 0.1) is 12.7 Å². The molecule has 2 heterocycles. The number of hydrogen-bond acceptors (Lipinski definition) is 4.